The lowest BCUT2D eigenvalue weighted by molar-refractivity contribution is -0.184. The van der Waals surface area contributed by atoms with Crippen molar-refractivity contribution < 1.29 is 55.3 Å². The Hall–Kier alpha value is -3.30. The third kappa shape index (κ3) is 7.11. The number of hydrogen-bond acceptors (Lipinski definition) is 10. The molecule has 0 bridgehead atoms. The summed E-state index contributed by atoms with van der Waals surface area (Å²) in [6.45, 7) is 2.42. The minimum atomic E-state index is -1.71. The van der Waals surface area contributed by atoms with Crippen molar-refractivity contribution in [2.45, 2.75) is 70.0 Å². The van der Waals surface area contributed by atoms with E-state index in [1.165, 1.54) is 13.8 Å². The lowest BCUT2D eigenvalue weighted by Gasteiger charge is -2.44. The fourth-order valence-corrected chi connectivity index (χ4v) is 3.69. The van der Waals surface area contributed by atoms with Gasteiger partial charge in [-0.15, -0.1) is 0 Å². The van der Waals surface area contributed by atoms with Crippen molar-refractivity contribution in [3.63, 3.8) is 0 Å². The summed E-state index contributed by atoms with van der Waals surface area (Å²) in [5.74, 6) is -5.37. The molecule has 0 spiro atoms. The largest absolute Gasteiger partial charge is 0.481 e. The first-order chi connectivity index (χ1) is 17.2. The van der Waals surface area contributed by atoms with Crippen molar-refractivity contribution in [2.24, 2.45) is 5.41 Å². The lowest BCUT2D eigenvalue weighted by Crippen LogP contribution is -2.68. The van der Waals surface area contributed by atoms with Crippen LogP contribution in [0.15, 0.2) is 0 Å². The number of piperidine rings is 1. The van der Waals surface area contributed by atoms with Gasteiger partial charge in [-0.05, 0) is 20.3 Å². The molecule has 0 aromatic heterocycles. The topological polar surface area (TPSA) is 232 Å². The standard InChI is InChI=1S/C21H32N4O11/c1-21(2,6-5-12(27)23-8-7-22-11(26)3-4-13(28)29)20(35)36-9-10-14(30)15(31)16(32)17-24-18(33)19(34)25(10)17/h10,14-17,30-32H,3-9H2,1-2H3,(H,22,26)(H,23,27)(H,24,33)(H,28,29)/t10-,14-,15+,16+,17+/m1/s1/i3T/t3?,10-,14-,15+,16+,17+. The smallest absolute Gasteiger partial charge is 0.314 e. The van der Waals surface area contributed by atoms with Gasteiger partial charge in [-0.3, -0.25) is 28.8 Å². The molecule has 2 aliphatic rings. The highest BCUT2D eigenvalue weighted by molar-refractivity contribution is 6.37. The monoisotopic (exact) mass is 518 g/mol. The Morgan fingerprint density at radius 1 is 1.03 bits per heavy atom. The average Bonchev–Trinajstić information content (AvgIpc) is 3.12. The van der Waals surface area contributed by atoms with Gasteiger partial charge in [0.25, 0.3) is 0 Å². The predicted octanol–water partition coefficient (Wildman–Crippen LogP) is -3.82. The van der Waals surface area contributed by atoms with Gasteiger partial charge in [-0.1, -0.05) is 0 Å². The van der Waals surface area contributed by atoms with E-state index in [-0.39, 0.29) is 25.9 Å². The van der Waals surface area contributed by atoms with Crippen molar-refractivity contribution in [1.29, 1.82) is 0 Å². The second kappa shape index (κ2) is 12.1. The highest BCUT2D eigenvalue weighted by Gasteiger charge is 2.55. The molecule has 2 fully saturated rings. The van der Waals surface area contributed by atoms with E-state index in [1.54, 1.807) is 0 Å². The molecular formula is C21H32N4O11. The van der Waals surface area contributed by atoms with Crippen molar-refractivity contribution >= 4 is 35.6 Å². The predicted molar refractivity (Wildman–Crippen MR) is 117 cm³/mol. The third-order valence-corrected chi connectivity index (χ3v) is 5.91. The minimum Gasteiger partial charge on any atom is -0.481 e. The van der Waals surface area contributed by atoms with Crippen LogP contribution in [0.25, 0.3) is 0 Å². The SMILES string of the molecule is [3H]C(CC(=O)O)C(=O)NCCNC(=O)CCC(C)(C)C(=O)OC[C@@H]1[C@@H](O)[C@H](O)[C@H](O)[C@H]2NC(=O)C(=O)N12. The molecule has 0 aliphatic carbocycles. The van der Waals surface area contributed by atoms with E-state index in [2.05, 4.69) is 16.0 Å². The van der Waals surface area contributed by atoms with Gasteiger partial charge in [0.1, 0.15) is 31.1 Å². The number of carbonyl (C=O) groups excluding carboxylic acids is 5. The molecule has 6 atom stereocenters. The molecule has 0 radical (unpaired) electrons. The Labute approximate surface area is 207 Å². The van der Waals surface area contributed by atoms with Gasteiger partial charge in [0, 0.05) is 27.3 Å². The van der Waals surface area contributed by atoms with Crippen LogP contribution in [-0.2, 0) is 33.5 Å². The molecule has 0 aromatic rings. The first kappa shape index (κ1) is 27.3. The van der Waals surface area contributed by atoms with Gasteiger partial charge in [0.15, 0.2) is 0 Å². The zero-order valence-corrected chi connectivity index (χ0v) is 19.8. The van der Waals surface area contributed by atoms with Crippen molar-refractivity contribution in [2.75, 3.05) is 19.7 Å². The van der Waals surface area contributed by atoms with E-state index in [0.29, 0.717) is 0 Å². The van der Waals surface area contributed by atoms with E-state index in [9.17, 15) is 44.1 Å². The van der Waals surface area contributed by atoms with Crippen LogP contribution in [0.2, 0.25) is 0 Å². The zero-order valence-electron chi connectivity index (χ0n) is 20.8. The van der Waals surface area contributed by atoms with Crippen LogP contribution >= 0.6 is 0 Å². The molecule has 2 saturated heterocycles. The number of rotatable bonds is 12. The number of ether oxygens (including phenoxy) is 1. The number of esters is 1. The summed E-state index contributed by atoms with van der Waals surface area (Å²) in [7, 11) is 0. The van der Waals surface area contributed by atoms with E-state index in [1.807, 2.05) is 0 Å². The molecule has 202 valence electrons. The molecular weight excluding hydrogens is 484 g/mol. The van der Waals surface area contributed by atoms with Crippen molar-refractivity contribution in [3.05, 3.63) is 0 Å². The maximum Gasteiger partial charge on any atom is 0.314 e. The number of hydrogen-bond donors (Lipinski definition) is 7. The van der Waals surface area contributed by atoms with Crippen molar-refractivity contribution in [3.8, 4) is 0 Å². The van der Waals surface area contributed by atoms with Crippen LogP contribution in [0.3, 0.4) is 0 Å². The quantitative estimate of drug-likeness (QED) is 0.0751. The van der Waals surface area contributed by atoms with Crippen LogP contribution in [0.5, 0.6) is 0 Å². The number of aliphatic hydroxyl groups excluding tert-OH is 3. The number of carboxylic acids is 1. The van der Waals surface area contributed by atoms with Crippen LogP contribution in [0, 0.1) is 5.41 Å². The van der Waals surface area contributed by atoms with Crippen LogP contribution in [0.4, 0.5) is 0 Å². The molecule has 0 saturated carbocycles. The Kier molecular flexibility index (Phi) is 9.17. The Balaban J connectivity index is 1.79. The van der Waals surface area contributed by atoms with E-state index in [0.717, 1.165) is 4.90 Å². The van der Waals surface area contributed by atoms with Gasteiger partial charge < -0.3 is 46.0 Å². The van der Waals surface area contributed by atoms with Crippen LogP contribution < -0.4 is 16.0 Å². The molecule has 36 heavy (non-hydrogen) atoms. The molecule has 0 aromatic carbocycles. The van der Waals surface area contributed by atoms with Gasteiger partial charge in [0.05, 0.1) is 17.9 Å². The number of aliphatic hydroxyl groups is 3. The first-order valence-electron chi connectivity index (χ1n) is 11.8. The molecule has 2 aliphatic heterocycles. The molecule has 2 heterocycles. The molecule has 4 amide bonds. The maximum atomic E-state index is 12.6. The summed E-state index contributed by atoms with van der Waals surface area (Å²) in [5.41, 5.74) is -1.18. The molecule has 15 heteroatoms. The second-order valence-corrected chi connectivity index (χ2v) is 9.10. The highest BCUT2D eigenvalue weighted by Crippen LogP contribution is 2.29. The Morgan fingerprint density at radius 3 is 2.25 bits per heavy atom. The summed E-state index contributed by atoms with van der Waals surface area (Å²) in [4.78, 5) is 71.5. The number of nitrogens with one attached hydrogen (secondary N) is 3. The summed E-state index contributed by atoms with van der Waals surface area (Å²) >= 11 is 0. The maximum absolute atomic E-state index is 12.6. The number of carbonyl (C=O) groups is 6. The number of amides is 4. The van der Waals surface area contributed by atoms with Crippen LogP contribution in [0.1, 0.15) is 40.9 Å². The molecule has 15 nitrogen and oxygen atoms in total. The number of carboxylic acid groups (broad SMARTS) is 1. The van der Waals surface area contributed by atoms with E-state index in [4.69, 9.17) is 11.2 Å². The second-order valence-electron chi connectivity index (χ2n) is 9.10. The number of aliphatic carboxylic acids is 1. The summed E-state index contributed by atoms with van der Waals surface area (Å²) < 4.78 is 12.6. The average molecular weight is 519 g/mol. The fraction of sp³-hybridized carbons (Fsp3) is 0.714. The number of fused-ring (bicyclic) bond motifs is 1. The van der Waals surface area contributed by atoms with Gasteiger partial charge in [0.2, 0.25) is 11.8 Å². The van der Waals surface area contributed by atoms with Gasteiger partial charge in [-0.2, -0.15) is 0 Å². The molecule has 1 unspecified atom stereocenters. The van der Waals surface area contributed by atoms with Gasteiger partial charge in [-0.25, -0.2) is 0 Å². The van der Waals surface area contributed by atoms with E-state index < -0.39 is 90.9 Å². The molecule has 7 N–H and O–H groups in total. The molecule has 2 rings (SSSR count). The minimum absolute atomic E-state index is 0.0147. The lowest BCUT2D eigenvalue weighted by atomic mass is 9.87. The fourth-order valence-electron chi connectivity index (χ4n) is 3.69. The first-order valence-corrected chi connectivity index (χ1v) is 11.2. The van der Waals surface area contributed by atoms with E-state index >= 15 is 0 Å². The Bertz CT molecular complexity index is 930. The number of nitrogens with zero attached hydrogens (tertiary/aromatic N) is 1. The Morgan fingerprint density at radius 2 is 1.64 bits per heavy atom. The zero-order chi connectivity index (χ0) is 28.1. The third-order valence-electron chi connectivity index (χ3n) is 5.91. The van der Waals surface area contributed by atoms with Gasteiger partial charge >= 0.3 is 23.8 Å². The highest BCUT2D eigenvalue weighted by atomic mass is 16.5. The summed E-state index contributed by atoms with van der Waals surface area (Å²) in [5, 5.41) is 46.0. The summed E-state index contributed by atoms with van der Waals surface area (Å²) in [6, 6.07) is -1.30. The van der Waals surface area contributed by atoms with Crippen LogP contribution in [-0.4, -0.2) is 111 Å². The normalized spacial score (nSPS) is 26.9. The summed E-state index contributed by atoms with van der Waals surface area (Å²) in [6.07, 6.45) is -8.49. The van der Waals surface area contributed by atoms with Crippen molar-refractivity contribution in [1.82, 2.24) is 20.9 Å².